The summed E-state index contributed by atoms with van der Waals surface area (Å²) in [6, 6.07) is 8.36. The van der Waals surface area contributed by atoms with Gasteiger partial charge in [0.05, 0.1) is 11.0 Å². The lowest BCUT2D eigenvalue weighted by atomic mass is 9.96. The fourth-order valence-electron chi connectivity index (χ4n) is 4.23. The zero-order valence-electron chi connectivity index (χ0n) is 13.6. The molecule has 0 aliphatic carbocycles. The molecule has 2 aliphatic heterocycles. The first-order valence-electron chi connectivity index (χ1n) is 8.93. The number of H-pyrrole nitrogens is 1. The van der Waals surface area contributed by atoms with Crippen molar-refractivity contribution in [3.8, 4) is 0 Å². The molecule has 2 saturated heterocycles. The Hall–Kier alpha value is -1.59. The second kappa shape index (κ2) is 6.49. The maximum Gasteiger partial charge on any atom is 0.326 e. The molecule has 23 heavy (non-hydrogen) atoms. The van der Waals surface area contributed by atoms with E-state index >= 15 is 0 Å². The van der Waals surface area contributed by atoms with Crippen LogP contribution in [0.4, 0.5) is 0 Å². The van der Waals surface area contributed by atoms with Gasteiger partial charge in [0.25, 0.3) is 0 Å². The van der Waals surface area contributed by atoms with Crippen LogP contribution in [0.3, 0.4) is 0 Å². The molecule has 2 aliphatic rings. The van der Waals surface area contributed by atoms with Crippen LogP contribution < -0.4 is 11.0 Å². The van der Waals surface area contributed by atoms with Crippen LogP contribution in [0.5, 0.6) is 0 Å². The highest BCUT2D eigenvalue weighted by Crippen LogP contribution is 2.26. The van der Waals surface area contributed by atoms with Gasteiger partial charge in [0.1, 0.15) is 0 Å². The molecule has 0 saturated carbocycles. The Morgan fingerprint density at radius 1 is 1.04 bits per heavy atom. The summed E-state index contributed by atoms with van der Waals surface area (Å²) in [7, 11) is 0. The van der Waals surface area contributed by atoms with E-state index in [0.29, 0.717) is 6.04 Å². The second-order valence-corrected chi connectivity index (χ2v) is 7.04. The number of nitrogens with zero attached hydrogens (tertiary/aromatic N) is 2. The summed E-state index contributed by atoms with van der Waals surface area (Å²) < 4.78 is 1.98. The molecular weight excluding hydrogens is 288 g/mol. The van der Waals surface area contributed by atoms with Gasteiger partial charge in [-0.3, -0.25) is 4.57 Å². The minimum Gasteiger partial charge on any atom is -0.317 e. The van der Waals surface area contributed by atoms with E-state index in [1.54, 1.807) is 0 Å². The van der Waals surface area contributed by atoms with Crippen molar-refractivity contribution in [2.45, 2.75) is 31.7 Å². The molecule has 2 N–H and O–H groups in total. The van der Waals surface area contributed by atoms with E-state index in [4.69, 9.17) is 0 Å². The molecule has 0 atom stereocenters. The number of imidazole rings is 1. The van der Waals surface area contributed by atoms with E-state index in [9.17, 15) is 4.79 Å². The van der Waals surface area contributed by atoms with Gasteiger partial charge in [-0.2, -0.15) is 0 Å². The van der Waals surface area contributed by atoms with E-state index in [2.05, 4.69) is 21.3 Å². The molecule has 0 spiro atoms. The summed E-state index contributed by atoms with van der Waals surface area (Å²) in [5.41, 5.74) is 2.05. The van der Waals surface area contributed by atoms with Crippen molar-refractivity contribution in [2.24, 2.45) is 5.92 Å². The smallest absolute Gasteiger partial charge is 0.317 e. The lowest BCUT2D eigenvalue weighted by Crippen LogP contribution is -2.41. The summed E-state index contributed by atoms with van der Waals surface area (Å²) >= 11 is 0. The molecule has 1 aromatic carbocycles. The first kappa shape index (κ1) is 15.0. The fraction of sp³-hybridized carbons (Fsp3) is 0.611. The van der Waals surface area contributed by atoms with Gasteiger partial charge >= 0.3 is 5.69 Å². The Morgan fingerprint density at radius 2 is 1.78 bits per heavy atom. The fourth-order valence-corrected chi connectivity index (χ4v) is 4.23. The molecule has 4 rings (SSSR count). The van der Waals surface area contributed by atoms with E-state index in [0.717, 1.165) is 42.9 Å². The monoisotopic (exact) mass is 314 g/mol. The van der Waals surface area contributed by atoms with E-state index < -0.39 is 0 Å². The summed E-state index contributed by atoms with van der Waals surface area (Å²) in [5.74, 6) is 0.851. The van der Waals surface area contributed by atoms with Crippen LogP contribution in [-0.2, 0) is 0 Å². The van der Waals surface area contributed by atoms with Gasteiger partial charge in [-0.1, -0.05) is 12.1 Å². The number of hydrogen-bond donors (Lipinski definition) is 2. The number of aromatic amines is 1. The molecule has 1 aromatic heterocycles. The van der Waals surface area contributed by atoms with Gasteiger partial charge < -0.3 is 15.2 Å². The Kier molecular flexibility index (Phi) is 4.23. The zero-order chi connectivity index (χ0) is 15.6. The summed E-state index contributed by atoms with van der Waals surface area (Å²) in [6.45, 7) is 5.80. The van der Waals surface area contributed by atoms with Gasteiger partial charge in [0.2, 0.25) is 0 Å². The highest BCUT2D eigenvalue weighted by Gasteiger charge is 2.25. The largest absolute Gasteiger partial charge is 0.326 e. The third-order valence-corrected chi connectivity index (χ3v) is 5.52. The van der Waals surface area contributed by atoms with Crippen LogP contribution in [0.1, 0.15) is 31.7 Å². The normalized spacial score (nSPS) is 21.9. The first-order chi connectivity index (χ1) is 11.3. The van der Waals surface area contributed by atoms with Crippen LogP contribution in [0.15, 0.2) is 29.1 Å². The molecule has 0 unspecified atom stereocenters. The van der Waals surface area contributed by atoms with Crippen molar-refractivity contribution in [1.29, 1.82) is 0 Å². The first-order valence-corrected chi connectivity index (χ1v) is 8.93. The molecule has 124 valence electrons. The number of aromatic nitrogens is 2. The molecule has 5 heteroatoms. The van der Waals surface area contributed by atoms with E-state index in [1.807, 2.05) is 22.8 Å². The molecule has 3 heterocycles. The van der Waals surface area contributed by atoms with Crippen molar-refractivity contribution < 1.29 is 0 Å². The number of likely N-dealkylation sites (tertiary alicyclic amines) is 1. The molecule has 2 fully saturated rings. The lowest BCUT2D eigenvalue weighted by Gasteiger charge is -2.35. The van der Waals surface area contributed by atoms with Crippen LogP contribution >= 0.6 is 0 Å². The standard InChI is InChI=1S/C18H26N4O/c23-18-20-16-3-1-2-4-17(16)22(18)15-7-11-21(12-8-15)13-14-5-9-19-10-6-14/h1-4,14-15,19H,5-13H2,(H,20,23). The number of fused-ring (bicyclic) bond motifs is 1. The van der Waals surface area contributed by atoms with Gasteiger partial charge in [-0.25, -0.2) is 4.79 Å². The van der Waals surface area contributed by atoms with Crippen molar-refractivity contribution in [1.82, 2.24) is 19.8 Å². The Labute approximate surface area is 136 Å². The van der Waals surface area contributed by atoms with Gasteiger partial charge in [-0.05, 0) is 56.8 Å². The number of para-hydroxylation sites is 2. The van der Waals surface area contributed by atoms with Crippen molar-refractivity contribution in [3.05, 3.63) is 34.7 Å². The maximum atomic E-state index is 12.3. The third kappa shape index (κ3) is 3.08. The van der Waals surface area contributed by atoms with E-state index in [1.165, 1.54) is 32.5 Å². The molecular formula is C18H26N4O. The zero-order valence-corrected chi connectivity index (χ0v) is 13.6. The second-order valence-electron chi connectivity index (χ2n) is 7.04. The lowest BCUT2D eigenvalue weighted by molar-refractivity contribution is 0.150. The molecule has 2 aromatic rings. The van der Waals surface area contributed by atoms with Crippen LogP contribution in [-0.4, -0.2) is 47.2 Å². The quantitative estimate of drug-likeness (QED) is 0.911. The predicted octanol–water partition coefficient (Wildman–Crippen LogP) is 1.97. The third-order valence-electron chi connectivity index (χ3n) is 5.52. The molecule has 0 radical (unpaired) electrons. The summed E-state index contributed by atoms with van der Waals surface area (Å²) in [5, 5.41) is 3.44. The summed E-state index contributed by atoms with van der Waals surface area (Å²) in [6.07, 6.45) is 4.77. The van der Waals surface area contributed by atoms with E-state index in [-0.39, 0.29) is 5.69 Å². The van der Waals surface area contributed by atoms with Gasteiger partial charge in [-0.15, -0.1) is 0 Å². The minimum atomic E-state index is 0.0444. The average Bonchev–Trinajstić information content (AvgIpc) is 2.92. The number of hydrogen-bond acceptors (Lipinski definition) is 3. The predicted molar refractivity (Wildman–Crippen MR) is 92.9 cm³/mol. The van der Waals surface area contributed by atoms with Crippen molar-refractivity contribution >= 4 is 11.0 Å². The van der Waals surface area contributed by atoms with Crippen LogP contribution in [0, 0.1) is 5.92 Å². The maximum absolute atomic E-state index is 12.3. The molecule has 0 bridgehead atoms. The average molecular weight is 314 g/mol. The minimum absolute atomic E-state index is 0.0444. The number of piperidine rings is 2. The highest BCUT2D eigenvalue weighted by molar-refractivity contribution is 5.75. The Bertz CT molecular complexity index is 705. The topological polar surface area (TPSA) is 53.1 Å². The van der Waals surface area contributed by atoms with Crippen molar-refractivity contribution in [2.75, 3.05) is 32.7 Å². The van der Waals surface area contributed by atoms with Crippen LogP contribution in [0.25, 0.3) is 11.0 Å². The highest BCUT2D eigenvalue weighted by atomic mass is 16.1. The number of rotatable bonds is 3. The summed E-state index contributed by atoms with van der Waals surface area (Å²) in [4.78, 5) is 17.9. The number of benzene rings is 1. The Balaban J connectivity index is 1.42. The molecule has 5 nitrogen and oxygen atoms in total. The number of nitrogens with one attached hydrogen (secondary N) is 2. The van der Waals surface area contributed by atoms with Crippen LogP contribution in [0.2, 0.25) is 0 Å². The SMILES string of the molecule is O=c1[nH]c2ccccc2n1C1CCN(CC2CCNCC2)CC1. The van der Waals surface area contributed by atoms with Crippen molar-refractivity contribution in [3.63, 3.8) is 0 Å². The van der Waals surface area contributed by atoms with Gasteiger partial charge in [0, 0.05) is 25.7 Å². The Morgan fingerprint density at radius 3 is 2.57 bits per heavy atom. The molecule has 0 amide bonds. The van der Waals surface area contributed by atoms with Gasteiger partial charge in [0.15, 0.2) is 0 Å².